The number of rotatable bonds is 2. The number of terminal acetylenes is 1. The summed E-state index contributed by atoms with van der Waals surface area (Å²) in [5.41, 5.74) is 5.71. The third-order valence-corrected chi connectivity index (χ3v) is 4.27. The molecule has 0 heteroatoms. The molecule has 0 radical (unpaired) electrons. The zero-order chi connectivity index (χ0) is 12.4. The monoisotopic (exact) mass is 236 g/mol. The number of hydrogen-bond acceptors (Lipinski definition) is 0. The van der Waals surface area contributed by atoms with Crippen molar-refractivity contribution in [3.63, 3.8) is 0 Å². The van der Waals surface area contributed by atoms with Crippen LogP contribution in [0.25, 0.3) is 5.57 Å². The van der Waals surface area contributed by atoms with Crippen molar-refractivity contribution in [3.8, 4) is 12.3 Å². The normalized spacial score (nSPS) is 19.4. The molecule has 0 bridgehead atoms. The summed E-state index contributed by atoms with van der Waals surface area (Å²) in [6, 6.07) is 8.49. The van der Waals surface area contributed by atoms with Crippen molar-refractivity contribution in [3.05, 3.63) is 41.0 Å². The molecule has 18 heavy (non-hydrogen) atoms. The van der Waals surface area contributed by atoms with Gasteiger partial charge in [0.05, 0.1) is 0 Å². The van der Waals surface area contributed by atoms with Crippen molar-refractivity contribution >= 4 is 5.57 Å². The van der Waals surface area contributed by atoms with E-state index in [0.29, 0.717) is 0 Å². The summed E-state index contributed by atoms with van der Waals surface area (Å²) in [6.45, 7) is 0. The molecule has 0 N–H and O–H groups in total. The van der Waals surface area contributed by atoms with Crippen molar-refractivity contribution in [1.29, 1.82) is 0 Å². The summed E-state index contributed by atoms with van der Waals surface area (Å²) < 4.78 is 0. The Bertz CT molecular complexity index is 501. The molecule has 3 rings (SSSR count). The summed E-state index contributed by atoms with van der Waals surface area (Å²) in [5.74, 6) is 3.63. The van der Waals surface area contributed by atoms with Crippen LogP contribution in [-0.2, 0) is 0 Å². The highest BCUT2D eigenvalue weighted by Gasteiger charge is 2.27. The second kappa shape index (κ2) is 5.02. The highest BCUT2D eigenvalue weighted by molar-refractivity contribution is 5.77. The minimum absolute atomic E-state index is 0.769. The van der Waals surface area contributed by atoms with Crippen LogP contribution in [0.4, 0.5) is 0 Å². The third-order valence-electron chi connectivity index (χ3n) is 4.27. The standard InChI is InChI=1S/C18H20/c1-2-14-8-6-7-11-17(14)18(16-12-13-16)15-9-4-3-5-10-15/h1,6-8,11,15H,3-5,9-10,12-13H2. The van der Waals surface area contributed by atoms with E-state index in [0.717, 1.165) is 11.5 Å². The van der Waals surface area contributed by atoms with Crippen LogP contribution in [0.3, 0.4) is 0 Å². The average molecular weight is 236 g/mol. The topological polar surface area (TPSA) is 0 Å². The Balaban J connectivity index is 2.01. The largest absolute Gasteiger partial charge is 0.115 e. The van der Waals surface area contributed by atoms with Crippen LogP contribution in [0.1, 0.15) is 56.1 Å². The SMILES string of the molecule is C#Cc1ccccc1C(=C1CC1)C1CCCCC1. The van der Waals surface area contributed by atoms with E-state index >= 15 is 0 Å². The quantitative estimate of drug-likeness (QED) is 0.647. The molecule has 0 spiro atoms. The first kappa shape index (κ1) is 11.6. The molecule has 2 aliphatic carbocycles. The molecule has 2 aliphatic rings. The van der Waals surface area contributed by atoms with E-state index in [9.17, 15) is 0 Å². The van der Waals surface area contributed by atoms with E-state index in [1.165, 1.54) is 50.5 Å². The molecule has 0 atom stereocenters. The summed E-state index contributed by atoms with van der Waals surface area (Å²) in [5, 5.41) is 0. The Morgan fingerprint density at radius 1 is 1.06 bits per heavy atom. The fourth-order valence-corrected chi connectivity index (χ4v) is 3.27. The van der Waals surface area contributed by atoms with Gasteiger partial charge in [-0.1, -0.05) is 49.0 Å². The molecule has 0 amide bonds. The van der Waals surface area contributed by atoms with Gasteiger partial charge in [-0.2, -0.15) is 0 Å². The molecular formula is C18H20. The molecule has 0 heterocycles. The Morgan fingerprint density at radius 3 is 2.44 bits per heavy atom. The minimum Gasteiger partial charge on any atom is -0.115 e. The Hall–Kier alpha value is -1.48. The van der Waals surface area contributed by atoms with Gasteiger partial charge in [0.15, 0.2) is 0 Å². The lowest BCUT2D eigenvalue weighted by Gasteiger charge is -2.25. The molecule has 0 aliphatic heterocycles. The average Bonchev–Trinajstić information content (AvgIpc) is 3.26. The second-order valence-corrected chi connectivity index (χ2v) is 5.54. The maximum absolute atomic E-state index is 5.67. The zero-order valence-electron chi connectivity index (χ0n) is 10.9. The van der Waals surface area contributed by atoms with Crippen LogP contribution in [0.2, 0.25) is 0 Å². The fraction of sp³-hybridized carbons (Fsp3) is 0.444. The highest BCUT2D eigenvalue weighted by Crippen LogP contribution is 2.45. The van der Waals surface area contributed by atoms with E-state index < -0.39 is 0 Å². The van der Waals surface area contributed by atoms with Crippen LogP contribution in [-0.4, -0.2) is 0 Å². The van der Waals surface area contributed by atoms with Gasteiger partial charge in [-0.05, 0) is 48.8 Å². The van der Waals surface area contributed by atoms with Crippen LogP contribution < -0.4 is 0 Å². The lowest BCUT2D eigenvalue weighted by atomic mass is 9.79. The Labute approximate surface area is 110 Å². The van der Waals surface area contributed by atoms with Crippen LogP contribution >= 0.6 is 0 Å². The lowest BCUT2D eigenvalue weighted by molar-refractivity contribution is 0.429. The first-order chi connectivity index (χ1) is 8.90. The van der Waals surface area contributed by atoms with Gasteiger partial charge in [0.25, 0.3) is 0 Å². The second-order valence-electron chi connectivity index (χ2n) is 5.54. The van der Waals surface area contributed by atoms with Crippen molar-refractivity contribution < 1.29 is 0 Å². The van der Waals surface area contributed by atoms with Gasteiger partial charge in [0.2, 0.25) is 0 Å². The Kier molecular flexibility index (Phi) is 3.24. The van der Waals surface area contributed by atoms with Gasteiger partial charge < -0.3 is 0 Å². The predicted octanol–water partition coefficient (Wildman–Crippen LogP) is 4.80. The van der Waals surface area contributed by atoms with E-state index in [-0.39, 0.29) is 0 Å². The molecule has 2 saturated carbocycles. The smallest absolute Gasteiger partial charge is 0.0317 e. The van der Waals surface area contributed by atoms with Crippen molar-refractivity contribution in [2.75, 3.05) is 0 Å². The first-order valence-corrected chi connectivity index (χ1v) is 7.18. The van der Waals surface area contributed by atoms with Crippen LogP contribution in [0.15, 0.2) is 29.8 Å². The molecule has 0 unspecified atom stereocenters. The van der Waals surface area contributed by atoms with Crippen molar-refractivity contribution in [2.45, 2.75) is 44.9 Å². The maximum Gasteiger partial charge on any atom is 0.0317 e. The van der Waals surface area contributed by atoms with Crippen molar-refractivity contribution in [2.24, 2.45) is 5.92 Å². The van der Waals surface area contributed by atoms with E-state index in [2.05, 4.69) is 30.2 Å². The van der Waals surface area contributed by atoms with Crippen LogP contribution in [0, 0.1) is 18.3 Å². The van der Waals surface area contributed by atoms with E-state index in [1.807, 2.05) is 0 Å². The molecular weight excluding hydrogens is 216 g/mol. The van der Waals surface area contributed by atoms with Gasteiger partial charge in [-0.25, -0.2) is 0 Å². The lowest BCUT2D eigenvalue weighted by Crippen LogP contribution is -2.09. The van der Waals surface area contributed by atoms with Crippen molar-refractivity contribution in [1.82, 2.24) is 0 Å². The predicted molar refractivity (Wildman–Crippen MR) is 77.1 cm³/mol. The summed E-state index contributed by atoms with van der Waals surface area (Å²) in [4.78, 5) is 0. The first-order valence-electron chi connectivity index (χ1n) is 7.18. The van der Waals surface area contributed by atoms with Gasteiger partial charge in [-0.3, -0.25) is 0 Å². The number of hydrogen-bond donors (Lipinski definition) is 0. The van der Waals surface area contributed by atoms with Crippen LogP contribution in [0.5, 0.6) is 0 Å². The zero-order valence-corrected chi connectivity index (χ0v) is 10.9. The fourth-order valence-electron chi connectivity index (χ4n) is 3.27. The molecule has 0 saturated heterocycles. The van der Waals surface area contributed by atoms with E-state index in [4.69, 9.17) is 6.42 Å². The van der Waals surface area contributed by atoms with E-state index in [1.54, 1.807) is 11.1 Å². The highest BCUT2D eigenvalue weighted by atomic mass is 14.3. The molecule has 0 nitrogen and oxygen atoms in total. The third kappa shape index (κ3) is 2.23. The number of benzene rings is 1. The maximum atomic E-state index is 5.67. The molecule has 2 fully saturated rings. The van der Waals surface area contributed by atoms with Gasteiger partial charge >= 0.3 is 0 Å². The minimum atomic E-state index is 0.769. The Morgan fingerprint density at radius 2 is 1.78 bits per heavy atom. The molecule has 1 aromatic carbocycles. The van der Waals surface area contributed by atoms with Gasteiger partial charge in [0.1, 0.15) is 0 Å². The summed E-state index contributed by atoms with van der Waals surface area (Å²) >= 11 is 0. The number of allylic oxidation sites excluding steroid dienone is 2. The summed E-state index contributed by atoms with van der Waals surface area (Å²) in [7, 11) is 0. The van der Waals surface area contributed by atoms with Gasteiger partial charge in [-0.15, -0.1) is 6.42 Å². The summed E-state index contributed by atoms with van der Waals surface area (Å²) in [6.07, 6.45) is 15.2. The molecule has 92 valence electrons. The molecule has 0 aromatic heterocycles. The molecule has 1 aromatic rings. The van der Waals surface area contributed by atoms with Gasteiger partial charge in [0, 0.05) is 5.56 Å².